The Morgan fingerprint density at radius 2 is 2.12 bits per heavy atom. The van der Waals surface area contributed by atoms with Crippen LogP contribution in [0, 0.1) is 6.92 Å². The number of anilines is 1. The molecule has 0 bridgehead atoms. The number of hydrogen-bond donors (Lipinski definition) is 1. The van der Waals surface area contributed by atoms with E-state index in [1.54, 1.807) is 13.0 Å². The minimum Gasteiger partial charge on any atom is -0.465 e. The molecule has 8 nitrogen and oxygen atoms in total. The van der Waals surface area contributed by atoms with Gasteiger partial charge >= 0.3 is 5.97 Å². The zero-order valence-corrected chi connectivity index (χ0v) is 15.3. The van der Waals surface area contributed by atoms with Crippen LogP contribution in [-0.2, 0) is 11.3 Å². The lowest BCUT2D eigenvalue weighted by Crippen LogP contribution is -2.26. The SMILES string of the molecule is COC(=O)c1cc(CNC(=O)c2nc(N3CCCC3)ncc2Cl)oc1C. The Bertz CT molecular complexity index is 830. The lowest BCUT2D eigenvalue weighted by molar-refractivity contribution is 0.0598. The fourth-order valence-electron chi connectivity index (χ4n) is 2.78. The maximum Gasteiger partial charge on any atom is 0.341 e. The topological polar surface area (TPSA) is 97.6 Å². The predicted molar refractivity (Wildman–Crippen MR) is 94.4 cm³/mol. The van der Waals surface area contributed by atoms with Gasteiger partial charge in [-0.15, -0.1) is 0 Å². The van der Waals surface area contributed by atoms with E-state index in [0.29, 0.717) is 23.0 Å². The van der Waals surface area contributed by atoms with Gasteiger partial charge in [0.05, 0.1) is 24.9 Å². The summed E-state index contributed by atoms with van der Waals surface area (Å²) in [6.45, 7) is 3.48. The number of nitrogens with one attached hydrogen (secondary N) is 1. The van der Waals surface area contributed by atoms with Gasteiger partial charge in [0.25, 0.3) is 5.91 Å². The van der Waals surface area contributed by atoms with Crippen LogP contribution in [-0.4, -0.2) is 42.0 Å². The molecule has 2 aromatic rings. The van der Waals surface area contributed by atoms with Crippen molar-refractivity contribution in [3.8, 4) is 0 Å². The molecule has 1 aliphatic heterocycles. The number of halogens is 1. The number of carbonyl (C=O) groups excluding carboxylic acids is 2. The Balaban J connectivity index is 1.70. The van der Waals surface area contributed by atoms with Gasteiger partial charge < -0.3 is 19.4 Å². The van der Waals surface area contributed by atoms with Crippen molar-refractivity contribution in [3.63, 3.8) is 0 Å². The van der Waals surface area contributed by atoms with E-state index < -0.39 is 11.9 Å². The van der Waals surface area contributed by atoms with E-state index in [1.165, 1.54) is 13.3 Å². The number of carbonyl (C=O) groups is 2. The number of ether oxygens (including phenoxy) is 1. The fourth-order valence-corrected chi connectivity index (χ4v) is 2.96. The number of aryl methyl sites for hydroxylation is 1. The van der Waals surface area contributed by atoms with E-state index in [-0.39, 0.29) is 17.3 Å². The first-order valence-corrected chi connectivity index (χ1v) is 8.60. The average molecular weight is 379 g/mol. The predicted octanol–water partition coefficient (Wildman–Crippen LogP) is 2.35. The van der Waals surface area contributed by atoms with E-state index in [4.69, 9.17) is 16.0 Å². The van der Waals surface area contributed by atoms with E-state index >= 15 is 0 Å². The Hall–Kier alpha value is -2.61. The molecule has 9 heteroatoms. The molecule has 0 spiro atoms. The summed E-state index contributed by atoms with van der Waals surface area (Å²) >= 11 is 6.08. The first-order valence-electron chi connectivity index (χ1n) is 8.23. The minimum absolute atomic E-state index is 0.0933. The summed E-state index contributed by atoms with van der Waals surface area (Å²) in [6.07, 6.45) is 3.59. The van der Waals surface area contributed by atoms with Gasteiger partial charge in [-0.2, -0.15) is 0 Å². The van der Waals surface area contributed by atoms with Gasteiger partial charge in [-0.05, 0) is 25.8 Å². The second-order valence-corrected chi connectivity index (χ2v) is 6.32. The number of rotatable bonds is 5. The molecule has 3 rings (SSSR count). The molecule has 0 atom stereocenters. The summed E-state index contributed by atoms with van der Waals surface area (Å²) in [4.78, 5) is 34.6. The Morgan fingerprint density at radius 3 is 2.81 bits per heavy atom. The van der Waals surface area contributed by atoms with Gasteiger partial charge in [0.1, 0.15) is 17.1 Å². The highest BCUT2D eigenvalue weighted by Gasteiger charge is 2.20. The van der Waals surface area contributed by atoms with Crippen LogP contribution in [0.1, 0.15) is 45.2 Å². The van der Waals surface area contributed by atoms with Gasteiger partial charge in [0.2, 0.25) is 5.95 Å². The average Bonchev–Trinajstić information content (AvgIpc) is 3.29. The van der Waals surface area contributed by atoms with E-state index in [0.717, 1.165) is 25.9 Å². The third-order valence-corrected chi connectivity index (χ3v) is 4.41. The number of furan rings is 1. The van der Waals surface area contributed by atoms with E-state index in [9.17, 15) is 9.59 Å². The van der Waals surface area contributed by atoms with Crippen molar-refractivity contribution in [2.75, 3.05) is 25.1 Å². The highest BCUT2D eigenvalue weighted by Crippen LogP contribution is 2.20. The van der Waals surface area contributed by atoms with Crippen molar-refractivity contribution in [1.82, 2.24) is 15.3 Å². The van der Waals surface area contributed by atoms with Gasteiger partial charge in [-0.1, -0.05) is 11.6 Å². The smallest absolute Gasteiger partial charge is 0.341 e. The number of methoxy groups -OCH3 is 1. The van der Waals surface area contributed by atoms with E-state index in [1.807, 2.05) is 4.90 Å². The molecule has 0 radical (unpaired) electrons. The number of aromatic nitrogens is 2. The van der Waals surface area contributed by atoms with Crippen LogP contribution in [0.4, 0.5) is 5.95 Å². The monoisotopic (exact) mass is 378 g/mol. The molecule has 2 aromatic heterocycles. The summed E-state index contributed by atoms with van der Waals surface area (Å²) in [6, 6.07) is 1.54. The molecular weight excluding hydrogens is 360 g/mol. The molecule has 26 heavy (non-hydrogen) atoms. The molecule has 1 fully saturated rings. The van der Waals surface area contributed by atoms with Crippen molar-refractivity contribution in [2.24, 2.45) is 0 Å². The van der Waals surface area contributed by atoms with Crippen LogP contribution in [0.25, 0.3) is 0 Å². The number of esters is 1. The van der Waals surface area contributed by atoms with E-state index in [2.05, 4.69) is 20.0 Å². The van der Waals surface area contributed by atoms with Crippen molar-refractivity contribution >= 4 is 29.4 Å². The van der Waals surface area contributed by atoms with Crippen LogP contribution >= 0.6 is 11.6 Å². The van der Waals surface area contributed by atoms with Crippen LogP contribution in [0.15, 0.2) is 16.7 Å². The van der Waals surface area contributed by atoms with Crippen LogP contribution < -0.4 is 10.2 Å². The van der Waals surface area contributed by atoms with Crippen LogP contribution in [0.3, 0.4) is 0 Å². The van der Waals surface area contributed by atoms with Crippen molar-refractivity contribution in [2.45, 2.75) is 26.3 Å². The molecule has 138 valence electrons. The second kappa shape index (κ2) is 7.74. The number of amides is 1. The third kappa shape index (κ3) is 3.80. The highest BCUT2D eigenvalue weighted by molar-refractivity contribution is 6.33. The quantitative estimate of drug-likeness (QED) is 0.797. The highest BCUT2D eigenvalue weighted by atomic mass is 35.5. The summed E-state index contributed by atoms with van der Waals surface area (Å²) < 4.78 is 10.1. The maximum atomic E-state index is 12.5. The molecule has 1 amide bonds. The standard InChI is InChI=1S/C17H19ClN4O4/c1-10-12(16(24)25-2)7-11(26-10)8-19-15(23)14-13(18)9-20-17(21-14)22-5-3-4-6-22/h7,9H,3-6,8H2,1-2H3,(H,19,23). The first-order chi connectivity index (χ1) is 12.5. The minimum atomic E-state index is -0.488. The number of nitrogens with zero attached hydrogens (tertiary/aromatic N) is 3. The Kier molecular flexibility index (Phi) is 5.41. The van der Waals surface area contributed by atoms with Gasteiger partial charge in [-0.25, -0.2) is 14.8 Å². The molecule has 1 saturated heterocycles. The largest absolute Gasteiger partial charge is 0.465 e. The van der Waals surface area contributed by atoms with Crippen LogP contribution in [0.2, 0.25) is 5.02 Å². The molecule has 0 aromatic carbocycles. The Labute approximate surface area is 155 Å². The van der Waals surface area contributed by atoms with Crippen molar-refractivity contribution in [1.29, 1.82) is 0 Å². The lowest BCUT2D eigenvalue weighted by Gasteiger charge is -2.15. The van der Waals surface area contributed by atoms with Crippen molar-refractivity contribution in [3.05, 3.63) is 40.1 Å². The number of hydrogen-bond acceptors (Lipinski definition) is 7. The second-order valence-electron chi connectivity index (χ2n) is 5.92. The summed E-state index contributed by atoms with van der Waals surface area (Å²) in [7, 11) is 1.30. The summed E-state index contributed by atoms with van der Waals surface area (Å²) in [5, 5.41) is 2.87. The fraction of sp³-hybridized carbons (Fsp3) is 0.412. The molecule has 1 N–H and O–H groups in total. The van der Waals surface area contributed by atoms with Crippen LogP contribution in [0.5, 0.6) is 0 Å². The summed E-state index contributed by atoms with van der Waals surface area (Å²) in [5.74, 6) is 0.432. The molecule has 0 aliphatic carbocycles. The lowest BCUT2D eigenvalue weighted by atomic mass is 10.2. The summed E-state index contributed by atoms with van der Waals surface area (Å²) in [5.41, 5.74) is 0.438. The third-order valence-electron chi connectivity index (χ3n) is 4.13. The molecule has 3 heterocycles. The molecule has 1 aliphatic rings. The molecular formula is C17H19ClN4O4. The zero-order valence-electron chi connectivity index (χ0n) is 14.5. The molecule has 0 unspecified atom stereocenters. The normalized spacial score (nSPS) is 13.7. The van der Waals surface area contributed by atoms with Gasteiger partial charge in [0.15, 0.2) is 5.69 Å². The Morgan fingerprint density at radius 1 is 1.38 bits per heavy atom. The molecule has 0 saturated carbocycles. The first kappa shape index (κ1) is 18.2. The zero-order chi connectivity index (χ0) is 18.7. The van der Waals surface area contributed by atoms with Gasteiger partial charge in [0, 0.05) is 13.1 Å². The van der Waals surface area contributed by atoms with Crippen molar-refractivity contribution < 1.29 is 18.7 Å². The van der Waals surface area contributed by atoms with Gasteiger partial charge in [-0.3, -0.25) is 4.79 Å². The maximum absolute atomic E-state index is 12.5.